The van der Waals surface area contributed by atoms with Crippen molar-refractivity contribution in [2.24, 2.45) is 5.92 Å². The highest BCUT2D eigenvalue weighted by atomic mass is 79.9. The Balaban J connectivity index is 2.14. The van der Waals surface area contributed by atoms with Crippen LogP contribution in [0.4, 0.5) is 0 Å². The first-order chi connectivity index (χ1) is 15.4. The van der Waals surface area contributed by atoms with Gasteiger partial charge >= 0.3 is 5.97 Å². The minimum absolute atomic E-state index is 0.183. The van der Waals surface area contributed by atoms with Crippen molar-refractivity contribution in [1.29, 1.82) is 0 Å². The molecule has 0 radical (unpaired) electrons. The molecule has 1 unspecified atom stereocenters. The number of piperidine rings is 1. The van der Waals surface area contributed by atoms with Gasteiger partial charge in [-0.25, -0.2) is 0 Å². The molecule has 32 heavy (non-hydrogen) atoms. The summed E-state index contributed by atoms with van der Waals surface area (Å²) >= 11 is 3.60. The Hall–Kier alpha value is -2.45. The summed E-state index contributed by atoms with van der Waals surface area (Å²) in [6.07, 6.45) is 1.18. The van der Waals surface area contributed by atoms with Gasteiger partial charge in [-0.05, 0) is 68.8 Å². The molecule has 1 fully saturated rings. The van der Waals surface area contributed by atoms with E-state index in [0.717, 1.165) is 21.3 Å². The van der Waals surface area contributed by atoms with Gasteiger partial charge in [0.05, 0.1) is 39.9 Å². The van der Waals surface area contributed by atoms with Gasteiger partial charge in [0, 0.05) is 10.0 Å². The van der Waals surface area contributed by atoms with E-state index in [2.05, 4.69) is 26.9 Å². The van der Waals surface area contributed by atoms with Crippen molar-refractivity contribution in [3.8, 4) is 23.0 Å². The lowest BCUT2D eigenvalue weighted by Crippen LogP contribution is -2.39. The molecule has 2 aromatic rings. The summed E-state index contributed by atoms with van der Waals surface area (Å²) in [6.45, 7) is 3.79. The predicted octanol–water partition coefficient (Wildman–Crippen LogP) is 4.76. The van der Waals surface area contributed by atoms with Crippen LogP contribution < -0.4 is 18.9 Å². The largest absolute Gasteiger partial charge is 0.494 e. The van der Waals surface area contributed by atoms with Crippen LogP contribution in [0.5, 0.6) is 23.0 Å². The average molecular weight is 508 g/mol. The summed E-state index contributed by atoms with van der Waals surface area (Å²) in [5.74, 6) is 1.41. The molecule has 0 bridgehead atoms. The molecule has 2 aromatic carbocycles. The predicted molar refractivity (Wildman–Crippen MR) is 125 cm³/mol. The highest BCUT2D eigenvalue weighted by Crippen LogP contribution is 2.45. The van der Waals surface area contributed by atoms with Gasteiger partial charge < -0.3 is 24.1 Å². The second-order valence-corrected chi connectivity index (χ2v) is 8.54. The van der Waals surface area contributed by atoms with Crippen molar-refractivity contribution >= 4 is 21.9 Å². The van der Waals surface area contributed by atoms with Crippen molar-refractivity contribution in [3.63, 3.8) is 0 Å². The molecule has 0 aromatic heterocycles. The van der Waals surface area contributed by atoms with Gasteiger partial charge in [0.1, 0.15) is 5.75 Å². The molecule has 1 N–H and O–H groups in total. The number of ether oxygens (including phenoxy) is 4. The Morgan fingerprint density at radius 1 is 1.06 bits per heavy atom. The van der Waals surface area contributed by atoms with Crippen LogP contribution in [0.3, 0.4) is 0 Å². The normalized spacial score (nSPS) is 15.8. The van der Waals surface area contributed by atoms with Gasteiger partial charge in [0.25, 0.3) is 0 Å². The molecular weight excluding hydrogens is 478 g/mol. The van der Waals surface area contributed by atoms with Crippen LogP contribution in [0.15, 0.2) is 34.8 Å². The van der Waals surface area contributed by atoms with E-state index in [1.54, 1.807) is 21.3 Å². The highest BCUT2D eigenvalue weighted by molar-refractivity contribution is 9.10. The molecule has 1 aliphatic rings. The summed E-state index contributed by atoms with van der Waals surface area (Å²) in [5, 5.41) is 9.45. The molecule has 1 aliphatic heterocycles. The van der Waals surface area contributed by atoms with Crippen LogP contribution in [0, 0.1) is 5.92 Å². The number of likely N-dealkylation sites (tertiary alicyclic amines) is 1. The number of hydrogen-bond acceptors (Lipinski definition) is 6. The molecule has 1 saturated heterocycles. The van der Waals surface area contributed by atoms with E-state index < -0.39 is 5.97 Å². The summed E-state index contributed by atoms with van der Waals surface area (Å²) in [5.41, 5.74) is 1.94. The molecule has 3 rings (SSSR count). The number of benzene rings is 2. The molecule has 8 heteroatoms. The zero-order chi connectivity index (χ0) is 23.3. The number of carboxylic acid groups (broad SMARTS) is 1. The number of rotatable bonds is 9. The van der Waals surface area contributed by atoms with Crippen molar-refractivity contribution in [2.45, 2.75) is 25.8 Å². The van der Waals surface area contributed by atoms with E-state index in [-0.39, 0.29) is 12.0 Å². The lowest BCUT2D eigenvalue weighted by Gasteiger charge is -2.38. The number of halogens is 1. The van der Waals surface area contributed by atoms with Crippen LogP contribution in [0.1, 0.15) is 36.9 Å². The lowest BCUT2D eigenvalue weighted by molar-refractivity contribution is -0.143. The third kappa shape index (κ3) is 5.13. The molecular formula is C24H30BrNO6. The molecule has 0 aliphatic carbocycles. The van der Waals surface area contributed by atoms with Gasteiger partial charge in [-0.1, -0.05) is 15.9 Å². The van der Waals surface area contributed by atoms with Crippen molar-refractivity contribution in [3.05, 3.63) is 45.9 Å². The number of hydrogen-bond donors (Lipinski definition) is 1. The van der Waals surface area contributed by atoms with Crippen LogP contribution in [0.2, 0.25) is 0 Å². The zero-order valence-electron chi connectivity index (χ0n) is 18.9. The smallest absolute Gasteiger partial charge is 0.306 e. The van der Waals surface area contributed by atoms with Crippen LogP contribution in [-0.4, -0.2) is 57.0 Å². The minimum atomic E-state index is -0.730. The second-order valence-electron chi connectivity index (χ2n) is 7.62. The molecule has 7 nitrogen and oxygen atoms in total. The molecule has 1 heterocycles. The van der Waals surface area contributed by atoms with Crippen LogP contribution >= 0.6 is 15.9 Å². The van der Waals surface area contributed by atoms with Crippen LogP contribution in [0.25, 0.3) is 0 Å². The van der Waals surface area contributed by atoms with Crippen LogP contribution in [-0.2, 0) is 4.79 Å². The first-order valence-corrected chi connectivity index (χ1v) is 11.4. The monoisotopic (exact) mass is 507 g/mol. The zero-order valence-corrected chi connectivity index (χ0v) is 20.5. The third-order valence-corrected chi connectivity index (χ3v) is 6.31. The number of carbonyl (C=O) groups is 1. The number of carboxylic acids is 1. The third-order valence-electron chi connectivity index (χ3n) is 5.81. The first-order valence-electron chi connectivity index (χ1n) is 10.6. The first kappa shape index (κ1) is 24.2. The van der Waals surface area contributed by atoms with Gasteiger partial charge in [-0.15, -0.1) is 0 Å². The van der Waals surface area contributed by atoms with E-state index in [1.165, 1.54) is 0 Å². The van der Waals surface area contributed by atoms with Gasteiger partial charge in [0.2, 0.25) is 5.75 Å². The summed E-state index contributed by atoms with van der Waals surface area (Å²) < 4.78 is 23.6. The number of nitrogens with zero attached hydrogens (tertiary/aromatic N) is 1. The fourth-order valence-corrected chi connectivity index (χ4v) is 4.65. The Kier molecular flexibility index (Phi) is 8.26. The molecule has 0 saturated carbocycles. The second kappa shape index (κ2) is 10.9. The number of methoxy groups -OCH3 is 3. The number of aliphatic carboxylic acids is 1. The maximum atomic E-state index is 11.5. The Morgan fingerprint density at radius 3 is 2.19 bits per heavy atom. The average Bonchev–Trinajstić information content (AvgIpc) is 2.80. The SMILES string of the molecule is CCOc1ccc(Br)cc1C(c1cc(OC)c(OC)c(OC)c1)N1CCC(C(=O)O)CC1. The summed E-state index contributed by atoms with van der Waals surface area (Å²) in [7, 11) is 4.77. The van der Waals surface area contributed by atoms with E-state index in [4.69, 9.17) is 18.9 Å². The quantitative estimate of drug-likeness (QED) is 0.524. The maximum absolute atomic E-state index is 11.5. The highest BCUT2D eigenvalue weighted by Gasteiger charge is 2.33. The fourth-order valence-electron chi connectivity index (χ4n) is 4.27. The molecule has 0 amide bonds. The van der Waals surface area contributed by atoms with Gasteiger partial charge in [-0.3, -0.25) is 9.69 Å². The van der Waals surface area contributed by atoms with Gasteiger partial charge in [0.15, 0.2) is 11.5 Å². The van der Waals surface area contributed by atoms with E-state index in [1.807, 2.05) is 31.2 Å². The lowest BCUT2D eigenvalue weighted by atomic mass is 9.90. The van der Waals surface area contributed by atoms with Gasteiger partial charge in [-0.2, -0.15) is 0 Å². The Labute approximate surface area is 197 Å². The fraction of sp³-hybridized carbons (Fsp3) is 0.458. The van der Waals surface area contributed by atoms with E-state index in [9.17, 15) is 9.90 Å². The van der Waals surface area contributed by atoms with E-state index >= 15 is 0 Å². The summed E-state index contributed by atoms with van der Waals surface area (Å²) in [6, 6.07) is 9.69. The van der Waals surface area contributed by atoms with E-state index in [0.29, 0.717) is 49.8 Å². The van der Waals surface area contributed by atoms with Crippen molar-refractivity contribution < 1.29 is 28.8 Å². The minimum Gasteiger partial charge on any atom is -0.494 e. The maximum Gasteiger partial charge on any atom is 0.306 e. The Bertz CT molecular complexity index is 917. The standard InChI is InChI=1S/C24H30BrNO6/c1-5-32-19-7-6-17(25)14-18(19)22(26-10-8-15(9-11-26)24(27)28)16-12-20(29-2)23(31-4)21(13-16)30-3/h6-7,12-15,22H,5,8-11H2,1-4H3,(H,27,28). The van der Waals surface area contributed by atoms with Crippen molar-refractivity contribution in [2.75, 3.05) is 41.0 Å². The molecule has 174 valence electrons. The molecule has 0 spiro atoms. The van der Waals surface area contributed by atoms with Crippen molar-refractivity contribution in [1.82, 2.24) is 4.90 Å². The molecule has 1 atom stereocenters. The topological polar surface area (TPSA) is 77.5 Å². The Morgan fingerprint density at radius 2 is 1.69 bits per heavy atom. The summed E-state index contributed by atoms with van der Waals surface area (Å²) in [4.78, 5) is 13.8.